The molecule has 1 aromatic heterocycles. The minimum Gasteiger partial charge on any atom is -0.355 e. The second kappa shape index (κ2) is 7.52. The van der Waals surface area contributed by atoms with E-state index >= 15 is 0 Å². The summed E-state index contributed by atoms with van der Waals surface area (Å²) in [6.45, 7) is 0. The maximum atomic E-state index is 14.0. The SMILES string of the molecule is N=CCC(=Nc1ccccc1F)c1ccc2noc(-c3ccc(F)cc3)c2c1. The lowest BCUT2D eigenvalue weighted by molar-refractivity contribution is 0.441. The van der Waals surface area contributed by atoms with Crippen molar-refractivity contribution in [3.63, 3.8) is 0 Å². The first-order valence-corrected chi connectivity index (χ1v) is 8.62. The van der Waals surface area contributed by atoms with Crippen LogP contribution in [0.2, 0.25) is 0 Å². The summed E-state index contributed by atoms with van der Waals surface area (Å²) in [6, 6.07) is 17.6. The Balaban J connectivity index is 1.83. The highest BCUT2D eigenvalue weighted by Crippen LogP contribution is 2.30. The normalized spacial score (nSPS) is 11.7. The molecule has 4 aromatic rings. The lowest BCUT2D eigenvalue weighted by atomic mass is 10.0. The van der Waals surface area contributed by atoms with Crippen molar-refractivity contribution in [3.05, 3.63) is 83.9 Å². The largest absolute Gasteiger partial charge is 0.355 e. The van der Waals surface area contributed by atoms with E-state index in [1.165, 1.54) is 24.4 Å². The summed E-state index contributed by atoms with van der Waals surface area (Å²) < 4.78 is 32.7. The van der Waals surface area contributed by atoms with Crippen molar-refractivity contribution >= 4 is 28.5 Å². The molecule has 0 fully saturated rings. The van der Waals surface area contributed by atoms with Crippen LogP contribution in [0.15, 0.2) is 76.2 Å². The maximum Gasteiger partial charge on any atom is 0.174 e. The molecule has 6 heteroatoms. The standard InChI is InChI=1S/C22H15F2N3O/c23-16-8-5-14(6-9-16)22-17-13-15(7-10-20(17)27-28-22)19(11-12-25)26-21-4-2-1-3-18(21)24/h1-10,12-13,25H,11H2. The fraction of sp³-hybridized carbons (Fsp3) is 0.0455. The van der Waals surface area contributed by atoms with Crippen LogP contribution in [-0.2, 0) is 0 Å². The zero-order chi connectivity index (χ0) is 19.5. The molecule has 0 saturated heterocycles. The van der Waals surface area contributed by atoms with Gasteiger partial charge in [0, 0.05) is 18.2 Å². The number of hydrogen-bond donors (Lipinski definition) is 1. The number of halogens is 2. The number of nitrogens with one attached hydrogen (secondary N) is 1. The number of nitrogens with zero attached hydrogens (tertiary/aromatic N) is 2. The van der Waals surface area contributed by atoms with E-state index in [1.807, 2.05) is 12.1 Å². The number of hydrogen-bond acceptors (Lipinski definition) is 4. The Morgan fingerprint density at radius 2 is 1.82 bits per heavy atom. The van der Waals surface area contributed by atoms with Gasteiger partial charge in [0.25, 0.3) is 0 Å². The highest BCUT2D eigenvalue weighted by molar-refractivity contribution is 6.10. The summed E-state index contributed by atoms with van der Waals surface area (Å²) in [6.07, 6.45) is 1.47. The van der Waals surface area contributed by atoms with Crippen molar-refractivity contribution in [2.45, 2.75) is 6.42 Å². The zero-order valence-electron chi connectivity index (χ0n) is 14.7. The number of benzene rings is 3. The summed E-state index contributed by atoms with van der Waals surface area (Å²) in [5, 5.41) is 12.2. The van der Waals surface area contributed by atoms with Crippen LogP contribution in [0.5, 0.6) is 0 Å². The van der Waals surface area contributed by atoms with Crippen LogP contribution in [-0.4, -0.2) is 17.1 Å². The average Bonchev–Trinajstić information content (AvgIpc) is 3.13. The molecule has 138 valence electrons. The van der Waals surface area contributed by atoms with E-state index in [0.717, 1.165) is 10.9 Å². The second-order valence-electron chi connectivity index (χ2n) is 6.17. The van der Waals surface area contributed by atoms with Gasteiger partial charge in [0.2, 0.25) is 0 Å². The quantitative estimate of drug-likeness (QED) is 0.439. The number of para-hydroxylation sites is 1. The molecule has 0 atom stereocenters. The van der Waals surface area contributed by atoms with Crippen molar-refractivity contribution in [3.8, 4) is 11.3 Å². The average molecular weight is 375 g/mol. The third kappa shape index (κ3) is 3.44. The molecule has 0 saturated carbocycles. The molecule has 0 aliphatic rings. The number of fused-ring (bicyclic) bond motifs is 1. The topological polar surface area (TPSA) is 62.2 Å². The van der Waals surface area contributed by atoms with Gasteiger partial charge in [-0.1, -0.05) is 23.4 Å². The van der Waals surface area contributed by atoms with Gasteiger partial charge < -0.3 is 9.93 Å². The van der Waals surface area contributed by atoms with Gasteiger partial charge in [-0.15, -0.1) is 0 Å². The highest BCUT2D eigenvalue weighted by Gasteiger charge is 2.14. The summed E-state index contributed by atoms with van der Waals surface area (Å²) in [5.41, 5.74) is 2.83. The van der Waals surface area contributed by atoms with E-state index in [2.05, 4.69) is 10.1 Å². The van der Waals surface area contributed by atoms with E-state index in [1.54, 1.807) is 36.4 Å². The lowest BCUT2D eigenvalue weighted by Gasteiger charge is -2.06. The molecule has 0 spiro atoms. The van der Waals surface area contributed by atoms with Crippen LogP contribution in [0.25, 0.3) is 22.2 Å². The van der Waals surface area contributed by atoms with Gasteiger partial charge >= 0.3 is 0 Å². The van der Waals surface area contributed by atoms with Gasteiger partial charge in [-0.2, -0.15) is 0 Å². The smallest absolute Gasteiger partial charge is 0.174 e. The third-order valence-electron chi connectivity index (χ3n) is 4.32. The molecule has 28 heavy (non-hydrogen) atoms. The predicted octanol–water partition coefficient (Wildman–Crippen LogP) is 5.93. The fourth-order valence-electron chi connectivity index (χ4n) is 2.94. The van der Waals surface area contributed by atoms with Gasteiger partial charge in [-0.3, -0.25) is 0 Å². The molecule has 3 aromatic carbocycles. The van der Waals surface area contributed by atoms with Crippen molar-refractivity contribution < 1.29 is 13.3 Å². The molecule has 1 N–H and O–H groups in total. The molecule has 0 radical (unpaired) electrons. The van der Waals surface area contributed by atoms with Crippen LogP contribution in [0.4, 0.5) is 14.5 Å². The Bertz CT molecular complexity index is 1180. The number of aliphatic imine (C=N–C) groups is 1. The third-order valence-corrected chi connectivity index (χ3v) is 4.32. The van der Waals surface area contributed by atoms with Crippen molar-refractivity contribution in [2.75, 3.05) is 0 Å². The summed E-state index contributed by atoms with van der Waals surface area (Å²) in [7, 11) is 0. The molecule has 4 rings (SSSR count). The highest BCUT2D eigenvalue weighted by atomic mass is 19.1. The van der Waals surface area contributed by atoms with Gasteiger partial charge in [-0.25, -0.2) is 13.8 Å². The van der Waals surface area contributed by atoms with Crippen LogP contribution >= 0.6 is 0 Å². The molecule has 0 aliphatic carbocycles. The van der Waals surface area contributed by atoms with Crippen LogP contribution < -0.4 is 0 Å². The maximum absolute atomic E-state index is 14.0. The van der Waals surface area contributed by atoms with Crippen molar-refractivity contribution in [1.29, 1.82) is 5.41 Å². The van der Waals surface area contributed by atoms with Gasteiger partial charge in [0.15, 0.2) is 5.76 Å². The van der Waals surface area contributed by atoms with Crippen molar-refractivity contribution in [1.82, 2.24) is 5.16 Å². The first-order valence-electron chi connectivity index (χ1n) is 8.62. The molecule has 1 heterocycles. The molecule has 0 aliphatic heterocycles. The van der Waals surface area contributed by atoms with Gasteiger partial charge in [0.1, 0.15) is 17.2 Å². The summed E-state index contributed by atoms with van der Waals surface area (Å²) >= 11 is 0. The van der Waals surface area contributed by atoms with Crippen LogP contribution in [0.3, 0.4) is 0 Å². The number of aromatic nitrogens is 1. The molecular weight excluding hydrogens is 360 g/mol. The van der Waals surface area contributed by atoms with Crippen LogP contribution in [0, 0.1) is 17.0 Å². The Morgan fingerprint density at radius 3 is 2.57 bits per heavy atom. The summed E-state index contributed by atoms with van der Waals surface area (Å²) in [5.74, 6) is -0.251. The van der Waals surface area contributed by atoms with E-state index in [9.17, 15) is 8.78 Å². The molecule has 0 unspecified atom stereocenters. The fourth-order valence-corrected chi connectivity index (χ4v) is 2.94. The van der Waals surface area contributed by atoms with E-state index in [0.29, 0.717) is 22.6 Å². The summed E-state index contributed by atoms with van der Waals surface area (Å²) in [4.78, 5) is 4.41. The van der Waals surface area contributed by atoms with Gasteiger partial charge in [-0.05, 0) is 54.1 Å². The van der Waals surface area contributed by atoms with Crippen LogP contribution in [0.1, 0.15) is 12.0 Å². The molecule has 0 bridgehead atoms. The molecule has 4 nitrogen and oxygen atoms in total. The van der Waals surface area contributed by atoms with Crippen molar-refractivity contribution in [2.24, 2.45) is 4.99 Å². The monoisotopic (exact) mass is 375 g/mol. The van der Waals surface area contributed by atoms with E-state index in [4.69, 9.17) is 9.93 Å². The van der Waals surface area contributed by atoms with Gasteiger partial charge in [0.05, 0.1) is 16.8 Å². The lowest BCUT2D eigenvalue weighted by Crippen LogP contribution is -2.01. The minimum atomic E-state index is -0.428. The first-order chi connectivity index (χ1) is 13.7. The first kappa shape index (κ1) is 17.7. The Morgan fingerprint density at radius 1 is 1.04 bits per heavy atom. The second-order valence-corrected chi connectivity index (χ2v) is 6.17. The Kier molecular flexibility index (Phi) is 4.76. The Labute approximate surface area is 159 Å². The molecular formula is C22H15F2N3O. The predicted molar refractivity (Wildman–Crippen MR) is 105 cm³/mol. The van der Waals surface area contributed by atoms with E-state index < -0.39 is 5.82 Å². The Hall–Kier alpha value is -3.67. The number of rotatable bonds is 5. The van der Waals surface area contributed by atoms with E-state index in [-0.39, 0.29) is 17.9 Å². The zero-order valence-corrected chi connectivity index (χ0v) is 14.7. The minimum absolute atomic E-state index is 0.212. The molecule has 0 amide bonds.